The zero-order valence-corrected chi connectivity index (χ0v) is 17.4. The van der Waals surface area contributed by atoms with Crippen molar-refractivity contribution in [2.24, 2.45) is 11.8 Å². The van der Waals surface area contributed by atoms with E-state index < -0.39 is 0 Å². The van der Waals surface area contributed by atoms with Crippen LogP contribution >= 0.6 is 0 Å². The van der Waals surface area contributed by atoms with Crippen LogP contribution in [0, 0.1) is 29.5 Å². The highest BCUT2D eigenvalue weighted by Crippen LogP contribution is 2.31. The quantitative estimate of drug-likeness (QED) is 0.451. The van der Waals surface area contributed by atoms with Gasteiger partial charge >= 0.3 is 0 Å². The van der Waals surface area contributed by atoms with Crippen molar-refractivity contribution in [1.29, 1.82) is 0 Å². The van der Waals surface area contributed by atoms with Crippen molar-refractivity contribution in [3.63, 3.8) is 0 Å². The van der Waals surface area contributed by atoms with Crippen LogP contribution in [0.5, 0.6) is 0 Å². The molecule has 2 aromatic carbocycles. The number of benzene rings is 2. The van der Waals surface area contributed by atoms with E-state index in [0.29, 0.717) is 5.92 Å². The Kier molecular flexibility index (Phi) is 7.72. The highest BCUT2D eigenvalue weighted by atomic mass is 19.1. The molecule has 0 spiro atoms. The van der Waals surface area contributed by atoms with Crippen LogP contribution in [0.2, 0.25) is 0 Å². The molecule has 1 fully saturated rings. The van der Waals surface area contributed by atoms with Gasteiger partial charge in [-0.2, -0.15) is 0 Å². The molecule has 1 heteroatoms. The zero-order chi connectivity index (χ0) is 19.8. The molecule has 0 saturated heterocycles. The Morgan fingerprint density at radius 2 is 1.61 bits per heavy atom. The van der Waals surface area contributed by atoms with Gasteiger partial charge in [0.25, 0.3) is 0 Å². The number of unbranched alkanes of at least 4 members (excludes halogenated alkanes) is 1. The van der Waals surface area contributed by atoms with Gasteiger partial charge in [0.15, 0.2) is 0 Å². The standard InChI is InChI=1S/C27H33F/c1-3-5-7-25-18-19-26(20-27(25)28)24-16-14-23(15-17-24)13-12-22-10-8-21(6-4-2)9-11-22/h14-22H,3-11H2,1-2H3. The molecule has 0 atom stereocenters. The number of hydrogen-bond acceptors (Lipinski definition) is 0. The maximum atomic E-state index is 14.3. The van der Waals surface area contributed by atoms with Crippen LogP contribution in [0.3, 0.4) is 0 Å². The monoisotopic (exact) mass is 376 g/mol. The Labute approximate surface area is 170 Å². The lowest BCUT2D eigenvalue weighted by atomic mass is 9.80. The lowest BCUT2D eigenvalue weighted by Crippen LogP contribution is -2.13. The fourth-order valence-corrected chi connectivity index (χ4v) is 4.23. The number of halogens is 1. The molecule has 0 nitrogen and oxygen atoms in total. The van der Waals surface area contributed by atoms with E-state index in [1.807, 2.05) is 12.1 Å². The molecule has 1 aliphatic carbocycles. The fourth-order valence-electron chi connectivity index (χ4n) is 4.23. The van der Waals surface area contributed by atoms with E-state index in [0.717, 1.165) is 47.4 Å². The second-order valence-corrected chi connectivity index (χ2v) is 8.26. The molecule has 0 bridgehead atoms. The molecule has 0 heterocycles. The van der Waals surface area contributed by atoms with Crippen LogP contribution in [0.25, 0.3) is 11.1 Å². The molecule has 1 saturated carbocycles. The predicted molar refractivity (Wildman–Crippen MR) is 118 cm³/mol. The number of aryl methyl sites for hydroxylation is 1. The molecular weight excluding hydrogens is 343 g/mol. The van der Waals surface area contributed by atoms with Crippen LogP contribution in [0.15, 0.2) is 42.5 Å². The van der Waals surface area contributed by atoms with E-state index in [2.05, 4.69) is 50.0 Å². The third-order valence-corrected chi connectivity index (χ3v) is 6.04. The predicted octanol–water partition coefficient (Wildman–Crippen LogP) is 7.79. The molecule has 1 aliphatic rings. The van der Waals surface area contributed by atoms with Crippen LogP contribution in [0.1, 0.15) is 76.3 Å². The Hall–Kier alpha value is -2.07. The maximum Gasteiger partial charge on any atom is 0.127 e. The summed E-state index contributed by atoms with van der Waals surface area (Å²) in [5, 5.41) is 0. The molecule has 148 valence electrons. The summed E-state index contributed by atoms with van der Waals surface area (Å²) in [4.78, 5) is 0. The topological polar surface area (TPSA) is 0 Å². The van der Waals surface area contributed by atoms with Crippen LogP contribution in [-0.4, -0.2) is 0 Å². The van der Waals surface area contributed by atoms with Gasteiger partial charge in [0.2, 0.25) is 0 Å². The highest BCUT2D eigenvalue weighted by molar-refractivity contribution is 5.65. The lowest BCUT2D eigenvalue weighted by molar-refractivity contribution is 0.300. The van der Waals surface area contributed by atoms with Crippen molar-refractivity contribution in [2.45, 2.75) is 71.6 Å². The molecule has 2 aromatic rings. The van der Waals surface area contributed by atoms with Crippen molar-refractivity contribution in [3.8, 4) is 23.0 Å². The smallest absolute Gasteiger partial charge is 0.127 e. The van der Waals surface area contributed by atoms with Crippen LogP contribution in [-0.2, 0) is 6.42 Å². The zero-order valence-electron chi connectivity index (χ0n) is 17.4. The van der Waals surface area contributed by atoms with E-state index in [1.54, 1.807) is 6.07 Å². The summed E-state index contributed by atoms with van der Waals surface area (Å²) >= 11 is 0. The van der Waals surface area contributed by atoms with Crippen molar-refractivity contribution in [2.75, 3.05) is 0 Å². The Bertz CT molecular complexity index is 798. The Morgan fingerprint density at radius 3 is 2.25 bits per heavy atom. The molecule has 0 radical (unpaired) electrons. The van der Waals surface area contributed by atoms with Gasteiger partial charge in [-0.25, -0.2) is 4.39 Å². The number of hydrogen-bond donors (Lipinski definition) is 0. The van der Waals surface area contributed by atoms with Crippen molar-refractivity contribution in [1.82, 2.24) is 0 Å². The summed E-state index contributed by atoms with van der Waals surface area (Å²) in [5.41, 5.74) is 3.86. The third kappa shape index (κ3) is 5.71. The lowest BCUT2D eigenvalue weighted by Gasteiger charge is -2.25. The first-order chi connectivity index (χ1) is 13.7. The van der Waals surface area contributed by atoms with Gasteiger partial charge in [-0.15, -0.1) is 0 Å². The molecular formula is C27H33F. The first-order valence-corrected chi connectivity index (χ1v) is 11.1. The molecule has 3 rings (SSSR count). The minimum Gasteiger partial charge on any atom is -0.207 e. The first-order valence-electron chi connectivity index (χ1n) is 11.1. The van der Waals surface area contributed by atoms with Crippen molar-refractivity contribution < 1.29 is 4.39 Å². The van der Waals surface area contributed by atoms with Gasteiger partial charge in [-0.1, -0.05) is 69.2 Å². The van der Waals surface area contributed by atoms with E-state index in [9.17, 15) is 4.39 Å². The van der Waals surface area contributed by atoms with E-state index in [4.69, 9.17) is 0 Å². The normalized spacial score (nSPS) is 19.1. The van der Waals surface area contributed by atoms with E-state index >= 15 is 0 Å². The maximum absolute atomic E-state index is 14.3. The SMILES string of the molecule is CCCCc1ccc(-c2ccc(C#CC3CCC(CCC)CC3)cc2)cc1F. The molecule has 0 amide bonds. The minimum atomic E-state index is -0.0894. The summed E-state index contributed by atoms with van der Waals surface area (Å²) in [5.74, 6) is 8.24. The summed E-state index contributed by atoms with van der Waals surface area (Å²) in [6.45, 7) is 4.42. The van der Waals surface area contributed by atoms with Gasteiger partial charge < -0.3 is 0 Å². The van der Waals surface area contributed by atoms with Gasteiger partial charge in [-0.3, -0.25) is 0 Å². The Balaban J connectivity index is 1.61. The molecule has 0 aliphatic heterocycles. The molecule has 28 heavy (non-hydrogen) atoms. The largest absolute Gasteiger partial charge is 0.207 e. The summed E-state index contributed by atoms with van der Waals surface area (Å²) in [7, 11) is 0. The Morgan fingerprint density at radius 1 is 0.893 bits per heavy atom. The summed E-state index contributed by atoms with van der Waals surface area (Å²) < 4.78 is 14.3. The van der Waals surface area contributed by atoms with E-state index in [-0.39, 0.29) is 5.82 Å². The fraction of sp³-hybridized carbons (Fsp3) is 0.481. The van der Waals surface area contributed by atoms with Crippen LogP contribution < -0.4 is 0 Å². The van der Waals surface area contributed by atoms with Crippen LogP contribution in [0.4, 0.5) is 4.39 Å². The third-order valence-electron chi connectivity index (χ3n) is 6.04. The van der Waals surface area contributed by atoms with Gasteiger partial charge in [0.1, 0.15) is 5.82 Å². The van der Waals surface area contributed by atoms with Crippen molar-refractivity contribution >= 4 is 0 Å². The van der Waals surface area contributed by atoms with E-state index in [1.165, 1.54) is 38.5 Å². The minimum absolute atomic E-state index is 0.0894. The second-order valence-electron chi connectivity index (χ2n) is 8.26. The average Bonchev–Trinajstić information content (AvgIpc) is 2.73. The number of rotatable bonds is 6. The second kappa shape index (κ2) is 10.5. The average molecular weight is 377 g/mol. The van der Waals surface area contributed by atoms with Gasteiger partial charge in [0, 0.05) is 11.5 Å². The molecule has 0 N–H and O–H groups in total. The molecule has 0 unspecified atom stereocenters. The van der Waals surface area contributed by atoms with Gasteiger partial charge in [-0.05, 0) is 79.3 Å². The summed E-state index contributed by atoms with van der Waals surface area (Å²) in [6, 6.07) is 13.9. The molecule has 0 aromatic heterocycles. The summed E-state index contributed by atoms with van der Waals surface area (Å²) in [6.07, 6.45) is 10.8. The van der Waals surface area contributed by atoms with Crippen molar-refractivity contribution in [3.05, 3.63) is 59.4 Å². The van der Waals surface area contributed by atoms with Gasteiger partial charge in [0.05, 0.1) is 0 Å². The highest BCUT2D eigenvalue weighted by Gasteiger charge is 2.18. The first kappa shape index (κ1) is 20.7.